The molecule has 198 valence electrons. The first-order chi connectivity index (χ1) is 16.7. The molecule has 0 amide bonds. The molecule has 0 spiro atoms. The second kappa shape index (κ2) is 17.2. The molecule has 0 bridgehead atoms. The number of hydrogen-bond acceptors (Lipinski definition) is 2. The third kappa shape index (κ3) is 10.7. The average Bonchev–Trinajstić information content (AvgIpc) is 2.84. The minimum absolute atomic E-state index is 0.207. The van der Waals surface area contributed by atoms with Gasteiger partial charge in [0.15, 0.2) is 0 Å². The molecule has 0 aliphatic heterocycles. The molecule has 1 aromatic rings. The fraction of sp³-hybridized carbons (Fsp3) is 0.667. The van der Waals surface area contributed by atoms with Crippen molar-refractivity contribution in [1.29, 1.82) is 0 Å². The number of aliphatic imine (C=N–C) groups is 1. The van der Waals surface area contributed by atoms with Gasteiger partial charge in [0.05, 0.1) is 5.70 Å². The van der Waals surface area contributed by atoms with Crippen molar-refractivity contribution < 1.29 is 0 Å². The highest BCUT2D eigenvalue weighted by atomic mass is 32.2. The van der Waals surface area contributed by atoms with Gasteiger partial charge in [0.25, 0.3) is 0 Å². The SMILES string of the molecule is CCCCC.CCCCC(C=N/C(=C\SC)c1ccc2c(c1)C(C)C(C)=CCCC2(C)C)CCC. The van der Waals surface area contributed by atoms with Gasteiger partial charge >= 0.3 is 0 Å². The Morgan fingerprint density at radius 3 is 2.31 bits per heavy atom. The van der Waals surface area contributed by atoms with E-state index in [9.17, 15) is 0 Å². The van der Waals surface area contributed by atoms with Crippen molar-refractivity contribution in [2.24, 2.45) is 10.9 Å². The van der Waals surface area contributed by atoms with E-state index in [4.69, 9.17) is 4.99 Å². The van der Waals surface area contributed by atoms with Crippen LogP contribution in [0.1, 0.15) is 142 Å². The van der Waals surface area contributed by atoms with Gasteiger partial charge in [-0.1, -0.05) is 111 Å². The van der Waals surface area contributed by atoms with Gasteiger partial charge in [-0.05, 0) is 72.8 Å². The molecule has 2 rings (SSSR count). The highest BCUT2D eigenvalue weighted by molar-refractivity contribution is 8.01. The van der Waals surface area contributed by atoms with Crippen molar-refractivity contribution in [2.75, 3.05) is 6.26 Å². The van der Waals surface area contributed by atoms with Gasteiger partial charge in [-0.25, -0.2) is 0 Å². The summed E-state index contributed by atoms with van der Waals surface area (Å²) in [5, 5.41) is 2.21. The summed E-state index contributed by atoms with van der Waals surface area (Å²) in [6, 6.07) is 7.10. The number of rotatable bonds is 11. The number of nitrogens with zero attached hydrogens (tertiary/aromatic N) is 1. The largest absolute Gasteiger partial charge is 0.260 e. The first kappa shape index (κ1) is 31.7. The Morgan fingerprint density at radius 2 is 1.74 bits per heavy atom. The minimum Gasteiger partial charge on any atom is -0.260 e. The molecule has 1 nitrogen and oxygen atoms in total. The minimum atomic E-state index is 0.207. The van der Waals surface area contributed by atoms with E-state index < -0.39 is 0 Å². The molecule has 0 saturated carbocycles. The van der Waals surface area contributed by atoms with Crippen LogP contribution in [0.4, 0.5) is 0 Å². The van der Waals surface area contributed by atoms with E-state index in [1.165, 1.54) is 86.5 Å². The Labute approximate surface area is 223 Å². The van der Waals surface area contributed by atoms with Crippen LogP contribution in [0, 0.1) is 5.92 Å². The van der Waals surface area contributed by atoms with Crippen LogP contribution in [-0.2, 0) is 5.41 Å². The molecule has 2 unspecified atom stereocenters. The van der Waals surface area contributed by atoms with Gasteiger partial charge in [0, 0.05) is 17.7 Å². The van der Waals surface area contributed by atoms with Crippen molar-refractivity contribution in [3.05, 3.63) is 51.9 Å². The lowest BCUT2D eigenvalue weighted by atomic mass is 9.72. The molecule has 2 atom stereocenters. The van der Waals surface area contributed by atoms with Crippen LogP contribution in [0.3, 0.4) is 0 Å². The lowest BCUT2D eigenvalue weighted by Gasteiger charge is -2.32. The summed E-state index contributed by atoms with van der Waals surface area (Å²) < 4.78 is 0. The predicted molar refractivity (Wildman–Crippen MR) is 164 cm³/mol. The van der Waals surface area contributed by atoms with Gasteiger partial charge in [-0.2, -0.15) is 0 Å². The van der Waals surface area contributed by atoms with Gasteiger partial charge < -0.3 is 0 Å². The summed E-state index contributed by atoms with van der Waals surface area (Å²) in [5.41, 5.74) is 7.04. The van der Waals surface area contributed by atoms with Crippen LogP contribution in [0.25, 0.3) is 5.70 Å². The normalized spacial score (nSPS) is 18.7. The van der Waals surface area contributed by atoms with Crippen LogP contribution in [-0.4, -0.2) is 12.5 Å². The lowest BCUT2D eigenvalue weighted by Crippen LogP contribution is -2.22. The number of fused-ring (bicyclic) bond motifs is 1. The molecule has 1 aliphatic rings. The summed E-state index contributed by atoms with van der Waals surface area (Å²) in [6.07, 6.45) is 19.5. The summed E-state index contributed by atoms with van der Waals surface area (Å²) >= 11 is 1.75. The fourth-order valence-corrected chi connectivity index (χ4v) is 5.29. The monoisotopic (exact) mass is 497 g/mol. The molecule has 2 heteroatoms. The van der Waals surface area contributed by atoms with Crippen LogP contribution >= 0.6 is 11.8 Å². The summed E-state index contributed by atoms with van der Waals surface area (Å²) in [5.74, 6) is 1.05. The Kier molecular flexibility index (Phi) is 15.6. The molecule has 0 radical (unpaired) electrons. The zero-order valence-corrected chi connectivity index (χ0v) is 25.4. The van der Waals surface area contributed by atoms with Crippen molar-refractivity contribution >= 4 is 23.7 Å². The first-order valence-corrected chi connectivity index (χ1v) is 15.6. The van der Waals surface area contributed by atoms with Crippen LogP contribution in [0.15, 0.2) is 40.2 Å². The fourth-order valence-electron chi connectivity index (χ4n) is 4.87. The highest BCUT2D eigenvalue weighted by Crippen LogP contribution is 2.40. The maximum atomic E-state index is 5.03. The van der Waals surface area contributed by atoms with Crippen molar-refractivity contribution in [1.82, 2.24) is 0 Å². The van der Waals surface area contributed by atoms with Crippen LogP contribution in [0.2, 0.25) is 0 Å². The maximum Gasteiger partial charge on any atom is 0.0761 e. The van der Waals surface area contributed by atoms with E-state index in [1.807, 2.05) is 0 Å². The molecule has 0 N–H and O–H groups in total. The van der Waals surface area contributed by atoms with E-state index in [0.29, 0.717) is 11.8 Å². The number of allylic oxidation sites excluding steroid dienone is 2. The topological polar surface area (TPSA) is 12.4 Å². The number of benzene rings is 1. The first-order valence-electron chi connectivity index (χ1n) is 14.3. The van der Waals surface area contributed by atoms with Crippen molar-refractivity contribution in [3.63, 3.8) is 0 Å². The number of hydrogen-bond donors (Lipinski definition) is 0. The zero-order valence-electron chi connectivity index (χ0n) is 24.5. The smallest absolute Gasteiger partial charge is 0.0761 e. The number of unbranched alkanes of at least 4 members (excludes halogenated alkanes) is 3. The third-order valence-electron chi connectivity index (χ3n) is 7.41. The van der Waals surface area contributed by atoms with E-state index in [-0.39, 0.29) is 5.41 Å². The Hall–Kier alpha value is -1.28. The van der Waals surface area contributed by atoms with Gasteiger partial charge in [0.1, 0.15) is 0 Å². The highest BCUT2D eigenvalue weighted by Gasteiger charge is 2.27. The average molecular weight is 498 g/mol. The molecule has 0 aromatic heterocycles. The van der Waals surface area contributed by atoms with Crippen LogP contribution in [0.5, 0.6) is 0 Å². The summed E-state index contributed by atoms with van der Waals surface area (Å²) in [4.78, 5) is 5.03. The summed E-state index contributed by atoms with van der Waals surface area (Å²) in [6.45, 7) is 18.4. The van der Waals surface area contributed by atoms with Gasteiger partial charge in [-0.15, -0.1) is 11.8 Å². The molecule has 0 heterocycles. The third-order valence-corrected chi connectivity index (χ3v) is 7.87. The standard InChI is InChI=1S/C28H43NS.C5H12/c1-8-10-14-23(12-9-2)19-29-27(20-30-7)24-15-16-26-25(18-24)22(4)21(3)13-11-17-28(26,5)6;1-3-5-4-2/h13,15-16,18-20,22-23H,8-12,14,17H2,1-7H3;3-5H2,1-2H3/b21-13?,27-20-,29-19?;. The molecular weight excluding hydrogens is 442 g/mol. The Balaban J connectivity index is 0.00000111. The number of thioether (sulfide) groups is 1. The molecular formula is C33H55NS. The molecule has 1 aromatic carbocycles. The Morgan fingerprint density at radius 1 is 1.06 bits per heavy atom. The van der Waals surface area contributed by atoms with Gasteiger partial charge in [-0.3, -0.25) is 4.99 Å². The van der Waals surface area contributed by atoms with E-state index in [2.05, 4.69) is 97.5 Å². The molecule has 1 aliphatic carbocycles. The van der Waals surface area contributed by atoms with E-state index in [0.717, 1.165) is 5.70 Å². The molecule has 0 fully saturated rings. The second-order valence-electron chi connectivity index (χ2n) is 11.0. The van der Waals surface area contributed by atoms with Gasteiger partial charge in [0.2, 0.25) is 0 Å². The lowest BCUT2D eigenvalue weighted by molar-refractivity contribution is 0.472. The van der Waals surface area contributed by atoms with Crippen molar-refractivity contribution in [3.8, 4) is 0 Å². The molecule has 35 heavy (non-hydrogen) atoms. The Bertz CT molecular complexity index is 812. The molecule has 0 saturated heterocycles. The quantitative estimate of drug-likeness (QED) is 0.219. The maximum absolute atomic E-state index is 5.03. The van der Waals surface area contributed by atoms with E-state index >= 15 is 0 Å². The summed E-state index contributed by atoms with van der Waals surface area (Å²) in [7, 11) is 0. The van der Waals surface area contributed by atoms with Crippen molar-refractivity contribution in [2.45, 2.75) is 131 Å². The zero-order chi connectivity index (χ0) is 26.3. The predicted octanol–water partition coefficient (Wildman–Crippen LogP) is 11.3. The second-order valence-corrected chi connectivity index (χ2v) is 11.7. The van der Waals surface area contributed by atoms with Crippen LogP contribution < -0.4 is 0 Å². The van der Waals surface area contributed by atoms with E-state index in [1.54, 1.807) is 11.8 Å².